The lowest BCUT2D eigenvalue weighted by Crippen LogP contribution is -2.27. The lowest BCUT2D eigenvalue weighted by molar-refractivity contribution is 0.466. The smallest absolute Gasteiger partial charge is 0.246 e. The van der Waals surface area contributed by atoms with Crippen molar-refractivity contribution < 1.29 is 8.42 Å². The molecule has 0 radical (unpaired) electrons. The molecule has 0 aliphatic heterocycles. The average Bonchev–Trinajstić information content (AvgIpc) is 2.95. The van der Waals surface area contributed by atoms with Crippen LogP contribution in [0.4, 0.5) is 0 Å². The molecular weight excluding hydrogens is 386 g/mol. The van der Waals surface area contributed by atoms with Crippen molar-refractivity contribution in [3.05, 3.63) is 32.2 Å². The zero-order chi connectivity index (χ0) is 14.9. The molecule has 1 N–H and O–H groups in total. The quantitative estimate of drug-likeness (QED) is 0.787. The van der Waals surface area contributed by atoms with E-state index in [1.165, 1.54) is 15.6 Å². The van der Waals surface area contributed by atoms with Crippen LogP contribution < -0.4 is 0 Å². The third-order valence-corrected chi connectivity index (χ3v) is 6.60. The summed E-state index contributed by atoms with van der Waals surface area (Å²) in [5, 5.41) is 8.51. The van der Waals surface area contributed by atoms with Gasteiger partial charge >= 0.3 is 0 Å². The van der Waals surface area contributed by atoms with Crippen LogP contribution in [0.3, 0.4) is 0 Å². The molecule has 0 saturated carbocycles. The van der Waals surface area contributed by atoms with Crippen LogP contribution in [0.2, 0.25) is 0 Å². The van der Waals surface area contributed by atoms with E-state index in [-0.39, 0.29) is 10.8 Å². The normalized spacial score (nSPS) is 12.2. The summed E-state index contributed by atoms with van der Waals surface area (Å²) in [6.07, 6.45) is 0. The second-order valence-electron chi connectivity index (χ2n) is 4.28. The molecule has 0 fully saturated rings. The number of hydrogen-bond donors (Lipinski definition) is 1. The number of alkyl halides is 1. The number of H-pyrrole nitrogens is 1. The molecule has 5 nitrogen and oxygen atoms in total. The van der Waals surface area contributed by atoms with Crippen molar-refractivity contribution in [2.24, 2.45) is 0 Å². The molecule has 0 spiro atoms. The summed E-state index contributed by atoms with van der Waals surface area (Å²) in [4.78, 5) is 0.171. The minimum absolute atomic E-state index is 0.0523. The fourth-order valence-corrected chi connectivity index (χ4v) is 4.78. The van der Waals surface area contributed by atoms with Crippen molar-refractivity contribution in [3.63, 3.8) is 0 Å². The molecule has 110 valence electrons. The van der Waals surface area contributed by atoms with Crippen LogP contribution in [0.15, 0.2) is 20.1 Å². The van der Waals surface area contributed by atoms with Gasteiger partial charge in [-0.25, -0.2) is 8.42 Å². The van der Waals surface area contributed by atoms with Gasteiger partial charge in [-0.05, 0) is 39.9 Å². The zero-order valence-corrected chi connectivity index (χ0v) is 14.8. The molecule has 2 aromatic rings. The second kappa shape index (κ2) is 6.15. The van der Waals surface area contributed by atoms with E-state index >= 15 is 0 Å². The van der Waals surface area contributed by atoms with Gasteiger partial charge in [-0.2, -0.15) is 9.40 Å². The van der Waals surface area contributed by atoms with Crippen LogP contribution in [0.1, 0.15) is 17.0 Å². The predicted molar refractivity (Wildman–Crippen MR) is 83.6 cm³/mol. The Hall–Kier alpha value is -0.410. The maximum Gasteiger partial charge on any atom is 0.246 e. The van der Waals surface area contributed by atoms with Crippen molar-refractivity contribution in [1.82, 2.24) is 14.5 Å². The molecule has 0 aliphatic carbocycles. The van der Waals surface area contributed by atoms with E-state index in [0.29, 0.717) is 17.9 Å². The molecule has 0 atom stereocenters. The van der Waals surface area contributed by atoms with Gasteiger partial charge in [0.2, 0.25) is 10.0 Å². The van der Waals surface area contributed by atoms with Crippen LogP contribution in [0.25, 0.3) is 0 Å². The first-order valence-electron chi connectivity index (χ1n) is 5.65. The lowest BCUT2D eigenvalue weighted by Gasteiger charge is -2.16. The first-order valence-corrected chi connectivity index (χ1v) is 9.30. The number of thiophene rings is 1. The van der Waals surface area contributed by atoms with Crippen molar-refractivity contribution in [2.75, 3.05) is 7.05 Å². The second-order valence-corrected chi connectivity index (χ2v) is 8.82. The third kappa shape index (κ3) is 3.09. The summed E-state index contributed by atoms with van der Waals surface area (Å²) in [5.41, 5.74) is 1.78. The number of aromatic amines is 1. The molecule has 2 rings (SSSR count). The van der Waals surface area contributed by atoms with E-state index in [4.69, 9.17) is 11.6 Å². The topological polar surface area (TPSA) is 66.1 Å². The van der Waals surface area contributed by atoms with Crippen molar-refractivity contribution in [1.29, 1.82) is 0 Å². The Morgan fingerprint density at radius 3 is 2.80 bits per heavy atom. The largest absolute Gasteiger partial charge is 0.281 e. The number of aryl methyl sites for hydroxylation is 1. The van der Waals surface area contributed by atoms with Crippen LogP contribution in [-0.4, -0.2) is 30.0 Å². The van der Waals surface area contributed by atoms with Crippen LogP contribution in [-0.2, 0) is 22.4 Å². The minimum atomic E-state index is -3.61. The Kier molecular flexibility index (Phi) is 4.91. The molecule has 9 heteroatoms. The Labute approximate surface area is 135 Å². The van der Waals surface area contributed by atoms with Gasteiger partial charge in [0.25, 0.3) is 0 Å². The van der Waals surface area contributed by atoms with E-state index in [9.17, 15) is 8.42 Å². The standard InChI is InChI=1S/C11H13BrClN3O2S2/c1-7-11(9(4-13)15-14-7)20(17,18)16(2)5-8-3-10(12)19-6-8/h3,6H,4-5H2,1-2H3,(H,14,15). The molecule has 0 aliphatic rings. The first kappa shape index (κ1) is 16.0. The summed E-state index contributed by atoms with van der Waals surface area (Å²) in [6, 6.07) is 1.90. The highest BCUT2D eigenvalue weighted by molar-refractivity contribution is 9.11. The molecule has 20 heavy (non-hydrogen) atoms. The van der Waals surface area contributed by atoms with Crippen molar-refractivity contribution >= 4 is 48.9 Å². The van der Waals surface area contributed by atoms with Gasteiger partial charge in [0, 0.05) is 13.6 Å². The Morgan fingerprint density at radius 1 is 1.55 bits per heavy atom. The van der Waals surface area contributed by atoms with Gasteiger partial charge in [0.1, 0.15) is 4.90 Å². The number of rotatable bonds is 5. The minimum Gasteiger partial charge on any atom is -0.281 e. The number of halogens is 2. The van der Waals surface area contributed by atoms with Crippen molar-refractivity contribution in [3.8, 4) is 0 Å². The number of hydrogen-bond acceptors (Lipinski definition) is 4. The molecule has 0 aromatic carbocycles. The SMILES string of the molecule is Cc1[nH]nc(CCl)c1S(=O)(=O)N(C)Cc1csc(Br)c1. The van der Waals surface area contributed by atoms with Gasteiger partial charge in [0.15, 0.2) is 0 Å². The Morgan fingerprint density at radius 2 is 2.25 bits per heavy atom. The van der Waals surface area contributed by atoms with Crippen molar-refractivity contribution in [2.45, 2.75) is 24.2 Å². The molecule has 2 heterocycles. The number of nitrogens with zero attached hydrogens (tertiary/aromatic N) is 2. The first-order chi connectivity index (χ1) is 9.36. The highest BCUT2D eigenvalue weighted by Gasteiger charge is 2.28. The van der Waals surface area contributed by atoms with Gasteiger partial charge in [-0.1, -0.05) is 0 Å². The highest BCUT2D eigenvalue weighted by Crippen LogP contribution is 2.26. The molecule has 0 unspecified atom stereocenters. The number of sulfonamides is 1. The van der Waals surface area contributed by atoms with Gasteiger partial charge in [-0.15, -0.1) is 22.9 Å². The summed E-state index contributed by atoms with van der Waals surface area (Å²) in [7, 11) is -2.07. The molecule has 2 aromatic heterocycles. The van der Waals surface area contributed by atoms with E-state index in [2.05, 4.69) is 26.1 Å². The summed E-state index contributed by atoms with van der Waals surface area (Å²) < 4.78 is 27.5. The van der Waals surface area contributed by atoms with Gasteiger partial charge in [-0.3, -0.25) is 5.10 Å². The maximum absolute atomic E-state index is 12.6. The van der Waals surface area contributed by atoms with Crippen LogP contribution in [0.5, 0.6) is 0 Å². The third-order valence-electron chi connectivity index (χ3n) is 2.78. The zero-order valence-electron chi connectivity index (χ0n) is 10.9. The number of aromatic nitrogens is 2. The van der Waals surface area contributed by atoms with Gasteiger partial charge < -0.3 is 0 Å². The predicted octanol–water partition coefficient (Wildman–Crippen LogP) is 3.10. The Bertz CT molecular complexity index is 711. The van der Waals surface area contributed by atoms with Crippen LogP contribution >= 0.6 is 38.9 Å². The van der Waals surface area contributed by atoms with E-state index in [0.717, 1.165) is 9.35 Å². The fourth-order valence-electron chi connectivity index (χ4n) is 1.83. The monoisotopic (exact) mass is 397 g/mol. The molecule has 0 amide bonds. The summed E-state index contributed by atoms with van der Waals surface area (Å²) >= 11 is 10.6. The molecule has 0 saturated heterocycles. The van der Waals surface area contributed by atoms with Gasteiger partial charge in [0.05, 0.1) is 21.1 Å². The maximum atomic E-state index is 12.6. The van der Waals surface area contributed by atoms with E-state index in [1.54, 1.807) is 14.0 Å². The van der Waals surface area contributed by atoms with Crippen LogP contribution in [0, 0.1) is 6.92 Å². The van der Waals surface area contributed by atoms with E-state index < -0.39 is 10.0 Å². The summed E-state index contributed by atoms with van der Waals surface area (Å²) in [6.45, 7) is 1.97. The lowest BCUT2D eigenvalue weighted by atomic mass is 10.3. The molecule has 0 bridgehead atoms. The summed E-state index contributed by atoms with van der Waals surface area (Å²) in [5.74, 6) is 0.0523. The fraction of sp³-hybridized carbons (Fsp3) is 0.364. The number of nitrogens with one attached hydrogen (secondary N) is 1. The van der Waals surface area contributed by atoms with E-state index in [1.807, 2.05) is 11.4 Å². The Balaban J connectivity index is 2.32. The molecular formula is C11H13BrClN3O2S2. The average molecular weight is 399 g/mol. The highest BCUT2D eigenvalue weighted by atomic mass is 79.9.